The number of carbonyl (C=O) groups is 2. The van der Waals surface area contributed by atoms with Crippen LogP contribution in [0.15, 0.2) is 6.20 Å². The second-order valence-electron chi connectivity index (χ2n) is 6.99. The second kappa shape index (κ2) is 7.83. The highest BCUT2D eigenvalue weighted by Gasteiger charge is 2.35. The Bertz CT molecular complexity index is 588. The molecule has 0 saturated heterocycles. The van der Waals surface area contributed by atoms with Crippen LogP contribution in [-0.4, -0.2) is 33.8 Å². The molecule has 1 aromatic heterocycles. The third kappa shape index (κ3) is 4.28. The van der Waals surface area contributed by atoms with Crippen LogP contribution in [0.2, 0.25) is 4.34 Å². The molecule has 2 amide bonds. The quantitative estimate of drug-likeness (QED) is 0.838. The van der Waals surface area contributed by atoms with E-state index in [-0.39, 0.29) is 18.1 Å². The van der Waals surface area contributed by atoms with Gasteiger partial charge in [0, 0.05) is 24.9 Å². The first-order chi connectivity index (χ1) is 11.5. The predicted octanol–water partition coefficient (Wildman–Crippen LogP) is 4.72. The van der Waals surface area contributed by atoms with Crippen molar-refractivity contribution in [2.45, 2.75) is 70.4 Å². The van der Waals surface area contributed by atoms with E-state index in [9.17, 15) is 9.59 Å². The number of ketones is 1. The SMILES string of the molecule is CC1CCC(N(C(=O)Nc2ncc(Cl)s2)C2CCC(=O)CC2)CC1. The first kappa shape index (κ1) is 17.7. The zero-order valence-corrected chi connectivity index (χ0v) is 15.5. The summed E-state index contributed by atoms with van der Waals surface area (Å²) < 4.78 is 0.562. The van der Waals surface area contributed by atoms with Crippen LogP contribution in [-0.2, 0) is 4.79 Å². The average Bonchev–Trinajstić information content (AvgIpc) is 2.96. The zero-order valence-electron chi connectivity index (χ0n) is 14.0. The molecule has 0 radical (unpaired) electrons. The number of Topliss-reactive ketones (excluding diaryl/α,β-unsaturated/α-hetero) is 1. The van der Waals surface area contributed by atoms with Gasteiger partial charge >= 0.3 is 6.03 Å². The fourth-order valence-electron chi connectivity index (χ4n) is 3.82. The van der Waals surface area contributed by atoms with E-state index in [0.29, 0.717) is 28.1 Å². The first-order valence-corrected chi connectivity index (χ1v) is 9.94. The van der Waals surface area contributed by atoms with Crippen molar-refractivity contribution in [1.29, 1.82) is 0 Å². The molecule has 5 nitrogen and oxygen atoms in total. The number of amides is 2. The number of carbonyl (C=O) groups excluding carboxylic acids is 2. The maximum absolute atomic E-state index is 12.9. The Hall–Kier alpha value is -1.14. The monoisotopic (exact) mass is 369 g/mol. The third-order valence-corrected chi connectivity index (χ3v) is 6.24. The summed E-state index contributed by atoms with van der Waals surface area (Å²) in [5.41, 5.74) is 0. The van der Waals surface area contributed by atoms with Gasteiger partial charge in [0.25, 0.3) is 0 Å². The van der Waals surface area contributed by atoms with Crippen molar-refractivity contribution in [3.63, 3.8) is 0 Å². The molecule has 0 unspecified atom stereocenters. The lowest BCUT2D eigenvalue weighted by Crippen LogP contribution is -2.51. The Morgan fingerprint density at radius 3 is 2.42 bits per heavy atom. The van der Waals surface area contributed by atoms with E-state index in [1.165, 1.54) is 11.3 Å². The summed E-state index contributed by atoms with van der Waals surface area (Å²) in [4.78, 5) is 30.6. The number of nitrogens with one attached hydrogen (secondary N) is 1. The average molecular weight is 370 g/mol. The molecular formula is C17H24ClN3O2S. The number of rotatable bonds is 3. The van der Waals surface area contributed by atoms with Gasteiger partial charge in [0.05, 0.1) is 6.20 Å². The van der Waals surface area contributed by atoms with Crippen LogP contribution in [0.5, 0.6) is 0 Å². The van der Waals surface area contributed by atoms with Crippen LogP contribution in [0.3, 0.4) is 0 Å². The molecule has 24 heavy (non-hydrogen) atoms. The minimum Gasteiger partial charge on any atom is -0.318 e. The topological polar surface area (TPSA) is 62.3 Å². The van der Waals surface area contributed by atoms with Gasteiger partial charge in [-0.25, -0.2) is 9.78 Å². The highest BCUT2D eigenvalue weighted by Crippen LogP contribution is 2.32. The van der Waals surface area contributed by atoms with E-state index >= 15 is 0 Å². The van der Waals surface area contributed by atoms with E-state index in [4.69, 9.17) is 11.6 Å². The van der Waals surface area contributed by atoms with Crippen molar-refractivity contribution in [3.8, 4) is 0 Å². The van der Waals surface area contributed by atoms with Crippen molar-refractivity contribution in [2.75, 3.05) is 5.32 Å². The molecule has 0 bridgehead atoms. The molecule has 0 atom stereocenters. The van der Waals surface area contributed by atoms with Gasteiger partial charge in [0.15, 0.2) is 5.13 Å². The molecule has 2 aliphatic carbocycles. The van der Waals surface area contributed by atoms with Crippen LogP contribution in [0.25, 0.3) is 0 Å². The Morgan fingerprint density at radius 2 is 1.83 bits per heavy atom. The number of aromatic nitrogens is 1. The molecule has 7 heteroatoms. The molecule has 0 spiro atoms. The highest BCUT2D eigenvalue weighted by molar-refractivity contribution is 7.19. The summed E-state index contributed by atoms with van der Waals surface area (Å²) in [5, 5.41) is 3.44. The molecule has 132 valence electrons. The van der Waals surface area contributed by atoms with E-state index in [0.717, 1.165) is 44.4 Å². The second-order valence-corrected chi connectivity index (χ2v) is 8.65. The Kier molecular flexibility index (Phi) is 5.76. The Morgan fingerprint density at radius 1 is 1.21 bits per heavy atom. The lowest BCUT2D eigenvalue weighted by atomic mass is 9.84. The van der Waals surface area contributed by atoms with Crippen LogP contribution < -0.4 is 5.32 Å². The van der Waals surface area contributed by atoms with Gasteiger partial charge in [-0.1, -0.05) is 29.9 Å². The number of thiazole rings is 1. The third-order valence-electron chi connectivity index (χ3n) is 5.21. The van der Waals surface area contributed by atoms with E-state index < -0.39 is 0 Å². The van der Waals surface area contributed by atoms with E-state index in [2.05, 4.69) is 17.2 Å². The molecule has 2 fully saturated rings. The van der Waals surface area contributed by atoms with Crippen LogP contribution in [0, 0.1) is 5.92 Å². The Labute approximate surface area is 151 Å². The van der Waals surface area contributed by atoms with Gasteiger partial charge in [-0.3, -0.25) is 10.1 Å². The van der Waals surface area contributed by atoms with Gasteiger partial charge < -0.3 is 4.90 Å². The minimum absolute atomic E-state index is 0.0973. The van der Waals surface area contributed by atoms with Crippen molar-refractivity contribution >= 4 is 39.9 Å². The van der Waals surface area contributed by atoms with Crippen LogP contribution in [0.4, 0.5) is 9.93 Å². The number of nitrogens with zero attached hydrogens (tertiary/aromatic N) is 2. The molecule has 1 heterocycles. The summed E-state index contributed by atoms with van der Waals surface area (Å²) in [5.74, 6) is 1.05. The smallest absolute Gasteiger partial charge is 0.318 e. The predicted molar refractivity (Wildman–Crippen MR) is 96.7 cm³/mol. The fourth-order valence-corrected chi connectivity index (χ4v) is 4.62. The van der Waals surface area contributed by atoms with Crippen LogP contribution in [0.1, 0.15) is 58.3 Å². The number of hydrogen-bond donors (Lipinski definition) is 1. The lowest BCUT2D eigenvalue weighted by Gasteiger charge is -2.42. The maximum atomic E-state index is 12.9. The first-order valence-electron chi connectivity index (χ1n) is 8.75. The summed E-state index contributed by atoms with van der Waals surface area (Å²) in [7, 11) is 0. The van der Waals surface area contributed by atoms with E-state index in [1.54, 1.807) is 6.20 Å². The largest absolute Gasteiger partial charge is 0.324 e. The molecule has 1 N–H and O–H groups in total. The highest BCUT2D eigenvalue weighted by atomic mass is 35.5. The van der Waals surface area contributed by atoms with Gasteiger partial charge in [0.2, 0.25) is 0 Å². The summed E-state index contributed by atoms with van der Waals surface area (Å²) >= 11 is 7.18. The van der Waals surface area contributed by atoms with Gasteiger partial charge in [0.1, 0.15) is 10.1 Å². The fraction of sp³-hybridized carbons (Fsp3) is 0.706. The van der Waals surface area contributed by atoms with Crippen molar-refractivity contribution < 1.29 is 9.59 Å². The minimum atomic E-state index is -0.0973. The number of halogens is 1. The van der Waals surface area contributed by atoms with Gasteiger partial charge in [-0.2, -0.15) is 0 Å². The van der Waals surface area contributed by atoms with E-state index in [1.807, 2.05) is 4.90 Å². The summed E-state index contributed by atoms with van der Waals surface area (Å²) in [6.45, 7) is 2.28. The normalized spacial score (nSPS) is 25.5. The van der Waals surface area contributed by atoms with Gasteiger partial charge in [-0.15, -0.1) is 0 Å². The van der Waals surface area contributed by atoms with Crippen molar-refractivity contribution in [2.24, 2.45) is 5.92 Å². The molecular weight excluding hydrogens is 346 g/mol. The van der Waals surface area contributed by atoms with Crippen molar-refractivity contribution in [3.05, 3.63) is 10.5 Å². The molecule has 0 aromatic carbocycles. The van der Waals surface area contributed by atoms with Crippen molar-refractivity contribution in [1.82, 2.24) is 9.88 Å². The number of urea groups is 1. The summed E-state index contributed by atoms with van der Waals surface area (Å²) in [6.07, 6.45) is 8.66. The molecule has 1 aromatic rings. The molecule has 0 aliphatic heterocycles. The standard InChI is InChI=1S/C17H24ClN3O2S/c1-11-2-4-12(5-3-11)21(13-6-8-14(22)9-7-13)17(23)20-16-19-10-15(18)24-16/h10-13H,2-9H2,1H3,(H,19,20,23). The Balaban J connectivity index is 1.73. The molecule has 2 saturated carbocycles. The maximum Gasteiger partial charge on any atom is 0.324 e. The van der Waals surface area contributed by atoms with Gasteiger partial charge in [-0.05, 0) is 44.4 Å². The zero-order chi connectivity index (χ0) is 17.1. The number of hydrogen-bond acceptors (Lipinski definition) is 4. The van der Waals surface area contributed by atoms with Crippen LogP contribution >= 0.6 is 22.9 Å². The molecule has 2 aliphatic rings. The molecule has 3 rings (SSSR count). The summed E-state index contributed by atoms with van der Waals surface area (Å²) in [6, 6.07) is 0.311. The lowest BCUT2D eigenvalue weighted by molar-refractivity contribution is -0.121. The number of anilines is 1.